The molecule has 0 fully saturated rings. The van der Waals surface area contributed by atoms with E-state index in [2.05, 4.69) is 235 Å². The highest BCUT2D eigenvalue weighted by molar-refractivity contribution is 6.14. The van der Waals surface area contributed by atoms with Crippen LogP contribution in [0.25, 0.3) is 88.3 Å². The van der Waals surface area contributed by atoms with Gasteiger partial charge >= 0.3 is 0 Å². The van der Waals surface area contributed by atoms with Crippen molar-refractivity contribution in [3.8, 4) is 55.6 Å². The molecule has 0 radical (unpaired) electrons. The van der Waals surface area contributed by atoms with E-state index in [1.807, 2.05) is 6.07 Å². The van der Waals surface area contributed by atoms with Gasteiger partial charge in [-0.25, -0.2) is 0 Å². The topological polar surface area (TPSA) is 16.4 Å². The summed E-state index contributed by atoms with van der Waals surface area (Å²) in [6.07, 6.45) is 0. The average molecular weight is 766 g/mol. The quantitative estimate of drug-likeness (QED) is 0.153. The zero-order valence-corrected chi connectivity index (χ0v) is 32.9. The molecule has 1 heterocycles. The Hall–Kier alpha value is -7.94. The van der Waals surface area contributed by atoms with Gasteiger partial charge in [-0.2, -0.15) is 0 Å². The standard InChI is InChI=1S/C58H39NO/c1-3-16-40(17-4-1)47-22-7-9-24-50(47)51-25-10-8-23-48(51)41-32-36-45(37-33-41)59(44-20-5-2-6-21-44)46-38-34-42(35-39-46)49-27-13-18-43-19-14-28-53(57(43)49)55-30-15-29-54-52-26-11-12-31-56(52)60-58(54)55/h1-39H. The molecule has 0 amide bonds. The zero-order valence-electron chi connectivity index (χ0n) is 32.9. The monoisotopic (exact) mass is 765 g/mol. The molecule has 60 heavy (non-hydrogen) atoms. The Morgan fingerprint density at radius 1 is 0.267 bits per heavy atom. The number of hydrogen-bond acceptors (Lipinski definition) is 2. The van der Waals surface area contributed by atoms with Gasteiger partial charge in [0.2, 0.25) is 0 Å². The molecular weight excluding hydrogens is 727 g/mol. The number of fused-ring (bicyclic) bond motifs is 4. The van der Waals surface area contributed by atoms with Crippen molar-refractivity contribution in [1.29, 1.82) is 0 Å². The lowest BCUT2D eigenvalue weighted by molar-refractivity contribution is 0.670. The molecule has 0 aliphatic carbocycles. The van der Waals surface area contributed by atoms with Crippen molar-refractivity contribution < 1.29 is 4.42 Å². The molecule has 0 saturated heterocycles. The maximum atomic E-state index is 6.53. The highest BCUT2D eigenvalue weighted by Gasteiger charge is 2.18. The van der Waals surface area contributed by atoms with Crippen LogP contribution in [0.1, 0.15) is 0 Å². The number of para-hydroxylation sites is 3. The molecule has 0 spiro atoms. The van der Waals surface area contributed by atoms with Crippen molar-refractivity contribution in [1.82, 2.24) is 0 Å². The molecule has 0 aliphatic heterocycles. The highest BCUT2D eigenvalue weighted by atomic mass is 16.3. The Balaban J connectivity index is 0.973. The second-order valence-corrected chi connectivity index (χ2v) is 15.2. The van der Waals surface area contributed by atoms with Gasteiger partial charge in [0.15, 0.2) is 0 Å². The largest absolute Gasteiger partial charge is 0.455 e. The normalized spacial score (nSPS) is 11.3. The first-order valence-electron chi connectivity index (χ1n) is 20.5. The second-order valence-electron chi connectivity index (χ2n) is 15.2. The lowest BCUT2D eigenvalue weighted by atomic mass is 9.89. The van der Waals surface area contributed by atoms with Gasteiger partial charge in [-0.05, 0) is 103 Å². The predicted molar refractivity (Wildman–Crippen MR) is 253 cm³/mol. The molecular formula is C58H39NO. The molecule has 0 N–H and O–H groups in total. The average Bonchev–Trinajstić information content (AvgIpc) is 3.72. The Bertz CT molecular complexity index is 3290. The maximum absolute atomic E-state index is 6.53. The Kier molecular flexibility index (Phi) is 8.87. The Labute approximate surface area is 349 Å². The molecule has 0 unspecified atom stereocenters. The maximum Gasteiger partial charge on any atom is 0.143 e. The third-order valence-electron chi connectivity index (χ3n) is 11.7. The van der Waals surface area contributed by atoms with Gasteiger partial charge in [0.05, 0.1) is 0 Å². The van der Waals surface area contributed by atoms with E-state index in [0.29, 0.717) is 0 Å². The number of anilines is 3. The third kappa shape index (κ3) is 6.23. The SMILES string of the molecule is c1ccc(-c2ccccc2-c2ccccc2-c2ccc(N(c3ccccc3)c3ccc(-c4cccc5cccc(-c6cccc7c6oc6ccccc67)c45)cc3)cc2)cc1. The van der Waals surface area contributed by atoms with Gasteiger partial charge in [0, 0.05) is 33.4 Å². The fourth-order valence-corrected chi connectivity index (χ4v) is 8.93. The summed E-state index contributed by atoms with van der Waals surface area (Å²) in [6.45, 7) is 0. The number of benzene rings is 10. The van der Waals surface area contributed by atoms with Gasteiger partial charge in [0.1, 0.15) is 11.2 Å². The van der Waals surface area contributed by atoms with Gasteiger partial charge < -0.3 is 9.32 Å². The summed E-state index contributed by atoms with van der Waals surface area (Å²) < 4.78 is 6.53. The van der Waals surface area contributed by atoms with E-state index in [4.69, 9.17) is 4.42 Å². The predicted octanol–water partition coefficient (Wildman–Crippen LogP) is 16.5. The van der Waals surface area contributed by atoms with Crippen LogP contribution in [0.2, 0.25) is 0 Å². The van der Waals surface area contributed by atoms with Crippen molar-refractivity contribution in [2.24, 2.45) is 0 Å². The molecule has 0 atom stereocenters. The van der Waals surface area contributed by atoms with Gasteiger partial charge in [-0.1, -0.05) is 194 Å². The first-order valence-corrected chi connectivity index (χ1v) is 20.5. The summed E-state index contributed by atoms with van der Waals surface area (Å²) >= 11 is 0. The van der Waals surface area contributed by atoms with Gasteiger partial charge in [-0.3, -0.25) is 0 Å². The minimum Gasteiger partial charge on any atom is -0.455 e. The number of furan rings is 1. The van der Waals surface area contributed by atoms with Crippen LogP contribution in [-0.4, -0.2) is 0 Å². The highest BCUT2D eigenvalue weighted by Crippen LogP contribution is 2.44. The van der Waals surface area contributed by atoms with E-state index < -0.39 is 0 Å². The Morgan fingerprint density at radius 3 is 1.35 bits per heavy atom. The molecule has 0 bridgehead atoms. The van der Waals surface area contributed by atoms with E-state index in [0.717, 1.165) is 55.7 Å². The number of rotatable bonds is 8. The van der Waals surface area contributed by atoms with E-state index in [-0.39, 0.29) is 0 Å². The van der Waals surface area contributed by atoms with Crippen molar-refractivity contribution in [3.63, 3.8) is 0 Å². The Morgan fingerprint density at radius 2 is 0.700 bits per heavy atom. The van der Waals surface area contributed by atoms with E-state index in [1.54, 1.807) is 0 Å². The van der Waals surface area contributed by atoms with Gasteiger partial charge in [0.25, 0.3) is 0 Å². The molecule has 282 valence electrons. The lowest BCUT2D eigenvalue weighted by Gasteiger charge is -2.26. The molecule has 2 heteroatoms. The van der Waals surface area contributed by atoms with Crippen LogP contribution >= 0.6 is 0 Å². The van der Waals surface area contributed by atoms with Crippen LogP contribution in [-0.2, 0) is 0 Å². The van der Waals surface area contributed by atoms with Crippen molar-refractivity contribution in [2.75, 3.05) is 4.90 Å². The lowest BCUT2D eigenvalue weighted by Crippen LogP contribution is -2.09. The van der Waals surface area contributed by atoms with Crippen molar-refractivity contribution in [2.45, 2.75) is 0 Å². The van der Waals surface area contributed by atoms with Crippen LogP contribution in [0.3, 0.4) is 0 Å². The summed E-state index contributed by atoms with van der Waals surface area (Å²) in [5.41, 5.74) is 16.9. The van der Waals surface area contributed by atoms with E-state index >= 15 is 0 Å². The van der Waals surface area contributed by atoms with Crippen molar-refractivity contribution >= 4 is 49.8 Å². The fourth-order valence-electron chi connectivity index (χ4n) is 8.93. The van der Waals surface area contributed by atoms with Crippen LogP contribution in [0, 0.1) is 0 Å². The summed E-state index contributed by atoms with van der Waals surface area (Å²) in [5, 5.41) is 4.67. The molecule has 10 aromatic carbocycles. The van der Waals surface area contributed by atoms with Crippen LogP contribution < -0.4 is 4.90 Å². The summed E-state index contributed by atoms with van der Waals surface area (Å²) in [7, 11) is 0. The van der Waals surface area contributed by atoms with E-state index in [9.17, 15) is 0 Å². The molecule has 2 nitrogen and oxygen atoms in total. The molecule has 0 saturated carbocycles. The van der Waals surface area contributed by atoms with Crippen LogP contribution in [0.4, 0.5) is 17.1 Å². The zero-order chi connectivity index (χ0) is 39.8. The van der Waals surface area contributed by atoms with Crippen LogP contribution in [0.5, 0.6) is 0 Å². The third-order valence-corrected chi connectivity index (χ3v) is 11.7. The number of nitrogens with zero attached hydrogens (tertiary/aromatic N) is 1. The summed E-state index contributed by atoms with van der Waals surface area (Å²) in [4.78, 5) is 2.33. The van der Waals surface area contributed by atoms with Gasteiger partial charge in [-0.15, -0.1) is 0 Å². The number of hydrogen-bond donors (Lipinski definition) is 0. The first kappa shape index (κ1) is 35.2. The molecule has 1 aromatic heterocycles. The molecule has 0 aliphatic rings. The minimum absolute atomic E-state index is 0.906. The molecule has 11 aromatic rings. The second kappa shape index (κ2) is 15.1. The first-order chi connectivity index (χ1) is 29.8. The van der Waals surface area contributed by atoms with E-state index in [1.165, 1.54) is 49.7 Å². The smallest absolute Gasteiger partial charge is 0.143 e. The molecule has 11 rings (SSSR count). The summed E-state index contributed by atoms with van der Waals surface area (Å²) in [5.74, 6) is 0. The van der Waals surface area contributed by atoms with Crippen molar-refractivity contribution in [3.05, 3.63) is 237 Å². The fraction of sp³-hybridized carbons (Fsp3) is 0. The summed E-state index contributed by atoms with van der Waals surface area (Å²) in [6, 6.07) is 84.7. The minimum atomic E-state index is 0.906. The van der Waals surface area contributed by atoms with Crippen LogP contribution in [0.15, 0.2) is 241 Å².